The number of aryl methyl sites for hydroxylation is 2. The summed E-state index contributed by atoms with van der Waals surface area (Å²) >= 11 is 2.72. The summed E-state index contributed by atoms with van der Waals surface area (Å²) in [4.78, 5) is 17.1. The van der Waals surface area contributed by atoms with Crippen LogP contribution in [-0.2, 0) is 11.8 Å². The molecule has 0 saturated heterocycles. The lowest BCUT2D eigenvalue weighted by molar-refractivity contribution is -0.113. The molecule has 4 aromatic rings. The van der Waals surface area contributed by atoms with E-state index < -0.39 is 0 Å². The van der Waals surface area contributed by atoms with Crippen LogP contribution in [0.5, 0.6) is 11.5 Å². The van der Waals surface area contributed by atoms with Crippen LogP contribution >= 0.6 is 23.1 Å². The normalized spacial score (nSPS) is 10.9. The lowest BCUT2D eigenvalue weighted by atomic mass is 10.1. The van der Waals surface area contributed by atoms with Gasteiger partial charge in [-0.25, -0.2) is 4.98 Å². The van der Waals surface area contributed by atoms with Gasteiger partial charge < -0.3 is 19.4 Å². The van der Waals surface area contributed by atoms with Gasteiger partial charge in [-0.2, -0.15) is 0 Å². The van der Waals surface area contributed by atoms with E-state index in [2.05, 4.69) is 46.5 Å². The summed E-state index contributed by atoms with van der Waals surface area (Å²) in [5.41, 5.74) is 5.18. The third kappa shape index (κ3) is 5.07. The highest BCUT2D eigenvalue weighted by molar-refractivity contribution is 7.99. The Balaban J connectivity index is 1.39. The predicted octanol–water partition coefficient (Wildman–Crippen LogP) is 4.97. The van der Waals surface area contributed by atoms with Gasteiger partial charge in [0, 0.05) is 23.6 Å². The average Bonchev–Trinajstić information content (AvgIpc) is 3.45. The Morgan fingerprint density at radius 3 is 2.53 bits per heavy atom. The smallest absolute Gasteiger partial charge is 0.236 e. The van der Waals surface area contributed by atoms with Crippen molar-refractivity contribution >= 4 is 34.1 Å². The minimum atomic E-state index is -0.151. The first-order valence-corrected chi connectivity index (χ1v) is 12.3. The molecular formula is C24H25N5O3S2. The maximum absolute atomic E-state index is 12.5. The maximum Gasteiger partial charge on any atom is 0.236 e. The molecule has 176 valence electrons. The SMILES string of the molecule is COc1ccc(-c2nnc(SCC(=O)Nc3nc(-c4ccc(C)c(C)c4)cs3)n2C)cc1OC. The quantitative estimate of drug-likeness (QED) is 0.345. The maximum atomic E-state index is 12.5. The summed E-state index contributed by atoms with van der Waals surface area (Å²) in [5.74, 6) is 1.96. The van der Waals surface area contributed by atoms with Gasteiger partial charge in [-0.1, -0.05) is 23.9 Å². The van der Waals surface area contributed by atoms with Gasteiger partial charge in [0.1, 0.15) is 0 Å². The molecule has 0 spiro atoms. The summed E-state index contributed by atoms with van der Waals surface area (Å²) in [6, 6.07) is 11.8. The first-order valence-electron chi connectivity index (χ1n) is 10.5. The second-order valence-corrected chi connectivity index (χ2v) is 9.41. The highest BCUT2D eigenvalue weighted by atomic mass is 32.2. The van der Waals surface area contributed by atoms with Crippen LogP contribution in [-0.4, -0.2) is 45.6 Å². The molecular weight excluding hydrogens is 470 g/mol. The van der Waals surface area contributed by atoms with Crippen molar-refractivity contribution in [2.24, 2.45) is 7.05 Å². The Labute approximate surface area is 206 Å². The topological polar surface area (TPSA) is 91.2 Å². The zero-order valence-corrected chi connectivity index (χ0v) is 21.2. The fraction of sp³-hybridized carbons (Fsp3) is 0.250. The fourth-order valence-electron chi connectivity index (χ4n) is 3.32. The van der Waals surface area contributed by atoms with Gasteiger partial charge in [0.05, 0.1) is 25.7 Å². The number of ether oxygens (including phenoxy) is 2. The first-order chi connectivity index (χ1) is 16.4. The molecule has 0 saturated carbocycles. The van der Waals surface area contributed by atoms with Crippen LogP contribution in [0.25, 0.3) is 22.6 Å². The van der Waals surface area contributed by atoms with Gasteiger partial charge >= 0.3 is 0 Å². The van der Waals surface area contributed by atoms with Gasteiger partial charge in [-0.05, 0) is 49.2 Å². The van der Waals surface area contributed by atoms with E-state index in [0.717, 1.165) is 16.8 Å². The Kier molecular flexibility index (Phi) is 7.18. The highest BCUT2D eigenvalue weighted by Crippen LogP contribution is 2.32. The number of aromatic nitrogens is 4. The number of methoxy groups -OCH3 is 2. The summed E-state index contributed by atoms with van der Waals surface area (Å²) in [6.45, 7) is 4.16. The fourth-order valence-corrected chi connectivity index (χ4v) is 4.76. The number of thiazole rings is 1. The number of rotatable bonds is 8. The molecule has 4 rings (SSSR count). The summed E-state index contributed by atoms with van der Waals surface area (Å²) < 4.78 is 12.5. The molecule has 0 bridgehead atoms. The monoisotopic (exact) mass is 495 g/mol. The molecule has 0 unspecified atom stereocenters. The van der Waals surface area contributed by atoms with Crippen molar-refractivity contribution in [2.45, 2.75) is 19.0 Å². The van der Waals surface area contributed by atoms with Crippen molar-refractivity contribution in [1.82, 2.24) is 19.7 Å². The van der Waals surface area contributed by atoms with E-state index in [9.17, 15) is 4.79 Å². The average molecular weight is 496 g/mol. The van der Waals surface area contributed by atoms with Gasteiger partial charge in [0.2, 0.25) is 5.91 Å². The molecule has 2 aromatic carbocycles. The minimum Gasteiger partial charge on any atom is -0.493 e. The van der Waals surface area contributed by atoms with Crippen molar-refractivity contribution in [3.8, 4) is 34.1 Å². The summed E-state index contributed by atoms with van der Waals surface area (Å²) in [7, 11) is 5.05. The first kappa shape index (κ1) is 23.8. The molecule has 0 atom stereocenters. The van der Waals surface area contributed by atoms with Crippen molar-refractivity contribution in [3.63, 3.8) is 0 Å². The molecule has 0 aliphatic rings. The van der Waals surface area contributed by atoms with Crippen LogP contribution in [0.1, 0.15) is 11.1 Å². The number of hydrogen-bond donors (Lipinski definition) is 1. The van der Waals surface area contributed by atoms with E-state index in [-0.39, 0.29) is 11.7 Å². The molecule has 1 amide bonds. The van der Waals surface area contributed by atoms with E-state index in [1.165, 1.54) is 34.2 Å². The van der Waals surface area contributed by atoms with Gasteiger partial charge in [0.15, 0.2) is 27.6 Å². The summed E-state index contributed by atoms with van der Waals surface area (Å²) in [5, 5.41) is 14.6. The zero-order valence-electron chi connectivity index (χ0n) is 19.6. The van der Waals surface area contributed by atoms with E-state index in [1.807, 2.05) is 41.3 Å². The summed E-state index contributed by atoms with van der Waals surface area (Å²) in [6.07, 6.45) is 0. The van der Waals surface area contributed by atoms with Crippen LogP contribution in [0.4, 0.5) is 5.13 Å². The Morgan fingerprint density at radius 2 is 1.79 bits per heavy atom. The molecule has 0 radical (unpaired) electrons. The number of carbonyl (C=O) groups excluding carboxylic acids is 1. The molecule has 8 nitrogen and oxygen atoms in total. The van der Waals surface area contributed by atoms with Crippen molar-refractivity contribution in [1.29, 1.82) is 0 Å². The molecule has 2 heterocycles. The molecule has 34 heavy (non-hydrogen) atoms. The molecule has 2 aromatic heterocycles. The van der Waals surface area contributed by atoms with Crippen LogP contribution in [0.2, 0.25) is 0 Å². The third-order valence-electron chi connectivity index (χ3n) is 5.36. The van der Waals surface area contributed by atoms with Crippen molar-refractivity contribution in [3.05, 3.63) is 52.9 Å². The second-order valence-electron chi connectivity index (χ2n) is 7.61. The number of nitrogens with zero attached hydrogens (tertiary/aromatic N) is 4. The number of amides is 1. The van der Waals surface area contributed by atoms with Crippen LogP contribution in [0.15, 0.2) is 46.9 Å². The Bertz CT molecular complexity index is 1330. The molecule has 1 N–H and O–H groups in total. The lowest BCUT2D eigenvalue weighted by Crippen LogP contribution is -2.14. The third-order valence-corrected chi connectivity index (χ3v) is 7.14. The van der Waals surface area contributed by atoms with Gasteiger partial charge in [0.25, 0.3) is 0 Å². The van der Waals surface area contributed by atoms with Gasteiger partial charge in [-0.15, -0.1) is 21.5 Å². The second kappa shape index (κ2) is 10.3. The van der Waals surface area contributed by atoms with Crippen molar-refractivity contribution in [2.75, 3.05) is 25.3 Å². The standard InChI is InChI=1S/C24H25N5O3S2/c1-14-6-7-16(10-15(14)2)18-12-33-23(25-18)26-21(30)13-34-24-28-27-22(29(24)3)17-8-9-19(31-4)20(11-17)32-5/h6-12H,13H2,1-5H3,(H,25,26,30). The van der Waals surface area contributed by atoms with Crippen molar-refractivity contribution < 1.29 is 14.3 Å². The molecule has 0 fully saturated rings. The number of hydrogen-bond acceptors (Lipinski definition) is 8. The largest absolute Gasteiger partial charge is 0.493 e. The molecule has 0 aliphatic heterocycles. The van der Waals surface area contributed by atoms with Crippen LogP contribution < -0.4 is 14.8 Å². The molecule has 0 aliphatic carbocycles. The number of anilines is 1. The van der Waals surface area contributed by atoms with E-state index >= 15 is 0 Å². The minimum absolute atomic E-state index is 0.151. The van der Waals surface area contributed by atoms with E-state index in [1.54, 1.807) is 14.2 Å². The number of thioether (sulfide) groups is 1. The molecule has 10 heteroatoms. The number of benzene rings is 2. The lowest BCUT2D eigenvalue weighted by Gasteiger charge is -2.09. The van der Waals surface area contributed by atoms with E-state index in [0.29, 0.717) is 27.6 Å². The zero-order chi connectivity index (χ0) is 24.2. The Morgan fingerprint density at radius 1 is 1.03 bits per heavy atom. The Hall–Kier alpha value is -3.37. The highest BCUT2D eigenvalue weighted by Gasteiger charge is 2.16. The number of carbonyl (C=O) groups is 1. The van der Waals surface area contributed by atoms with Crippen LogP contribution in [0, 0.1) is 13.8 Å². The van der Waals surface area contributed by atoms with E-state index in [4.69, 9.17) is 9.47 Å². The number of nitrogens with one attached hydrogen (secondary N) is 1. The predicted molar refractivity (Wildman–Crippen MR) is 136 cm³/mol. The van der Waals surface area contributed by atoms with Gasteiger partial charge in [-0.3, -0.25) is 4.79 Å². The van der Waals surface area contributed by atoms with Crippen LogP contribution in [0.3, 0.4) is 0 Å².